The number of hydrogen-bond acceptors (Lipinski definition) is 7. The molecule has 10 heteroatoms. The van der Waals surface area contributed by atoms with Gasteiger partial charge in [-0.05, 0) is 52.1 Å². The van der Waals surface area contributed by atoms with Crippen LogP contribution in [0.2, 0.25) is 0 Å². The van der Waals surface area contributed by atoms with Gasteiger partial charge in [-0.15, -0.1) is 0 Å². The summed E-state index contributed by atoms with van der Waals surface area (Å²) in [4.78, 5) is 15.9. The maximum Gasteiger partial charge on any atom is 0.208 e. The van der Waals surface area contributed by atoms with Gasteiger partial charge in [-0.1, -0.05) is 0 Å². The van der Waals surface area contributed by atoms with E-state index in [0.717, 1.165) is 93.4 Å². The first-order chi connectivity index (χ1) is 15.5. The highest BCUT2D eigenvalue weighted by Crippen LogP contribution is 2.19. The standard InChI is InChI=1S/C22H36N8O2/c1-15-16(2)32-21(25-15)13-29-9-7-17(8-10-29)11-24-22(23-3)26-18-5-6-20-27-19(14-31-4)28-30(20)12-18/h17-18H,5-14H2,1-4H3,(H2,23,24,26). The Kier molecular flexibility index (Phi) is 7.41. The van der Waals surface area contributed by atoms with Crippen molar-refractivity contribution in [1.29, 1.82) is 0 Å². The highest BCUT2D eigenvalue weighted by atomic mass is 16.5. The van der Waals surface area contributed by atoms with Crippen LogP contribution in [0.5, 0.6) is 0 Å². The number of ether oxygens (including phenoxy) is 1. The third-order valence-corrected chi connectivity index (χ3v) is 6.44. The number of aryl methyl sites for hydroxylation is 3. The Balaban J connectivity index is 1.19. The number of nitrogens with one attached hydrogen (secondary N) is 2. The van der Waals surface area contributed by atoms with Crippen LogP contribution in [0.15, 0.2) is 9.41 Å². The first kappa shape index (κ1) is 22.7. The van der Waals surface area contributed by atoms with E-state index in [9.17, 15) is 0 Å². The molecular formula is C22H36N8O2. The summed E-state index contributed by atoms with van der Waals surface area (Å²) in [5, 5.41) is 11.7. The molecule has 0 amide bonds. The molecule has 1 fully saturated rings. The van der Waals surface area contributed by atoms with Crippen LogP contribution in [-0.2, 0) is 30.9 Å². The van der Waals surface area contributed by atoms with Gasteiger partial charge >= 0.3 is 0 Å². The van der Waals surface area contributed by atoms with E-state index in [1.54, 1.807) is 7.11 Å². The van der Waals surface area contributed by atoms with Crippen LogP contribution in [0.1, 0.15) is 48.3 Å². The summed E-state index contributed by atoms with van der Waals surface area (Å²) in [6.07, 6.45) is 4.25. The lowest BCUT2D eigenvalue weighted by Crippen LogP contribution is -2.48. The molecule has 1 atom stereocenters. The number of methoxy groups -OCH3 is 1. The summed E-state index contributed by atoms with van der Waals surface area (Å²) in [5.74, 6) is 5.06. The monoisotopic (exact) mass is 444 g/mol. The summed E-state index contributed by atoms with van der Waals surface area (Å²) in [5.41, 5.74) is 0.992. The molecule has 2 aliphatic rings. The van der Waals surface area contributed by atoms with Gasteiger partial charge in [0.2, 0.25) is 5.89 Å². The topological polar surface area (TPSA) is 106 Å². The van der Waals surface area contributed by atoms with E-state index >= 15 is 0 Å². The van der Waals surface area contributed by atoms with E-state index in [4.69, 9.17) is 9.15 Å². The number of nitrogens with zero attached hydrogens (tertiary/aromatic N) is 6. The number of oxazole rings is 1. The summed E-state index contributed by atoms with van der Waals surface area (Å²) in [6.45, 7) is 9.10. The second kappa shape index (κ2) is 10.4. The molecule has 0 spiro atoms. The smallest absolute Gasteiger partial charge is 0.208 e. The molecule has 32 heavy (non-hydrogen) atoms. The van der Waals surface area contributed by atoms with E-state index in [0.29, 0.717) is 18.6 Å². The van der Waals surface area contributed by atoms with Crippen LogP contribution in [0, 0.1) is 19.8 Å². The fraction of sp³-hybridized carbons (Fsp3) is 0.727. The van der Waals surface area contributed by atoms with E-state index < -0.39 is 0 Å². The SMILES string of the molecule is CN=C(NCC1CCN(Cc2nc(C)c(C)o2)CC1)NC1CCc2nc(COC)nn2C1. The Morgan fingerprint density at radius 1 is 1.22 bits per heavy atom. The Morgan fingerprint density at radius 2 is 2.03 bits per heavy atom. The van der Waals surface area contributed by atoms with Gasteiger partial charge in [0.1, 0.15) is 18.2 Å². The van der Waals surface area contributed by atoms with Crippen molar-refractivity contribution in [3.63, 3.8) is 0 Å². The highest BCUT2D eigenvalue weighted by molar-refractivity contribution is 5.79. The average molecular weight is 445 g/mol. The zero-order chi connectivity index (χ0) is 22.5. The van der Waals surface area contributed by atoms with Crippen molar-refractivity contribution in [3.05, 3.63) is 29.0 Å². The molecule has 2 aromatic heterocycles. The Bertz CT molecular complexity index is 894. The lowest BCUT2D eigenvalue weighted by atomic mass is 9.97. The number of likely N-dealkylation sites (tertiary alicyclic amines) is 1. The molecule has 2 aromatic rings. The van der Waals surface area contributed by atoms with Crippen molar-refractivity contribution < 1.29 is 9.15 Å². The molecule has 10 nitrogen and oxygen atoms in total. The Labute approximate surface area is 189 Å². The summed E-state index contributed by atoms with van der Waals surface area (Å²) < 4.78 is 12.9. The molecule has 0 aliphatic carbocycles. The number of aliphatic imine (C=N–C) groups is 1. The van der Waals surface area contributed by atoms with Crippen molar-refractivity contribution in [3.8, 4) is 0 Å². The van der Waals surface area contributed by atoms with Crippen LogP contribution in [0.3, 0.4) is 0 Å². The number of rotatable bonds is 7. The van der Waals surface area contributed by atoms with Gasteiger partial charge in [-0.2, -0.15) is 5.10 Å². The lowest BCUT2D eigenvalue weighted by Gasteiger charge is -2.32. The third kappa shape index (κ3) is 5.66. The minimum absolute atomic E-state index is 0.292. The molecule has 0 aromatic carbocycles. The molecule has 1 unspecified atom stereocenters. The van der Waals surface area contributed by atoms with Crippen molar-refractivity contribution in [2.45, 2.75) is 65.3 Å². The molecule has 176 valence electrons. The maximum absolute atomic E-state index is 5.74. The van der Waals surface area contributed by atoms with Crippen LogP contribution in [0.25, 0.3) is 0 Å². The van der Waals surface area contributed by atoms with Crippen LogP contribution in [-0.4, -0.2) is 70.4 Å². The van der Waals surface area contributed by atoms with Gasteiger partial charge in [0.25, 0.3) is 0 Å². The van der Waals surface area contributed by atoms with Crippen LogP contribution < -0.4 is 10.6 Å². The summed E-state index contributed by atoms with van der Waals surface area (Å²) >= 11 is 0. The fourth-order valence-electron chi connectivity index (χ4n) is 4.44. The van der Waals surface area contributed by atoms with Crippen molar-refractivity contribution >= 4 is 5.96 Å². The molecule has 2 N–H and O–H groups in total. The predicted molar refractivity (Wildman–Crippen MR) is 121 cm³/mol. The van der Waals surface area contributed by atoms with E-state index in [1.807, 2.05) is 25.6 Å². The molecule has 2 aliphatic heterocycles. The predicted octanol–water partition coefficient (Wildman–Crippen LogP) is 1.42. The van der Waals surface area contributed by atoms with Gasteiger partial charge in [0, 0.05) is 33.2 Å². The van der Waals surface area contributed by atoms with Gasteiger partial charge in [-0.3, -0.25) is 9.89 Å². The van der Waals surface area contributed by atoms with E-state index in [2.05, 4.69) is 35.6 Å². The number of piperidine rings is 1. The molecule has 0 saturated carbocycles. The molecular weight excluding hydrogens is 408 g/mol. The number of guanidine groups is 1. The second-order valence-corrected chi connectivity index (χ2v) is 8.86. The largest absolute Gasteiger partial charge is 0.444 e. The quantitative estimate of drug-likeness (QED) is 0.488. The van der Waals surface area contributed by atoms with Gasteiger partial charge < -0.3 is 19.8 Å². The first-order valence-corrected chi connectivity index (χ1v) is 11.6. The number of aromatic nitrogens is 4. The molecule has 1 saturated heterocycles. The lowest BCUT2D eigenvalue weighted by molar-refractivity contribution is 0.164. The number of hydrogen-bond donors (Lipinski definition) is 2. The zero-order valence-electron chi connectivity index (χ0n) is 19.7. The third-order valence-electron chi connectivity index (χ3n) is 6.44. The minimum Gasteiger partial charge on any atom is -0.444 e. The first-order valence-electron chi connectivity index (χ1n) is 11.6. The summed E-state index contributed by atoms with van der Waals surface area (Å²) in [7, 11) is 3.50. The zero-order valence-corrected chi connectivity index (χ0v) is 19.7. The normalized spacial score (nSPS) is 20.4. The second-order valence-electron chi connectivity index (χ2n) is 8.86. The molecule has 4 heterocycles. The summed E-state index contributed by atoms with van der Waals surface area (Å²) in [6, 6.07) is 0.292. The van der Waals surface area contributed by atoms with Crippen LogP contribution in [0.4, 0.5) is 0 Å². The highest BCUT2D eigenvalue weighted by Gasteiger charge is 2.24. The fourth-order valence-corrected chi connectivity index (χ4v) is 4.44. The van der Waals surface area contributed by atoms with Crippen molar-refractivity contribution in [1.82, 2.24) is 35.3 Å². The van der Waals surface area contributed by atoms with E-state index in [1.165, 1.54) is 0 Å². The minimum atomic E-state index is 0.292. The molecule has 0 radical (unpaired) electrons. The van der Waals surface area contributed by atoms with Crippen molar-refractivity contribution in [2.24, 2.45) is 10.9 Å². The van der Waals surface area contributed by atoms with Gasteiger partial charge in [0.05, 0.1) is 18.8 Å². The average Bonchev–Trinajstić information content (AvgIpc) is 3.33. The number of fused-ring (bicyclic) bond motifs is 1. The van der Waals surface area contributed by atoms with Crippen LogP contribution >= 0.6 is 0 Å². The molecule has 0 bridgehead atoms. The van der Waals surface area contributed by atoms with E-state index in [-0.39, 0.29) is 0 Å². The van der Waals surface area contributed by atoms with Gasteiger partial charge in [0.15, 0.2) is 11.8 Å². The Morgan fingerprint density at radius 3 is 2.72 bits per heavy atom. The molecule has 4 rings (SSSR count). The van der Waals surface area contributed by atoms with Crippen molar-refractivity contribution in [2.75, 3.05) is 33.8 Å². The maximum atomic E-state index is 5.74. The van der Waals surface area contributed by atoms with Gasteiger partial charge in [-0.25, -0.2) is 14.6 Å². The Hall–Kier alpha value is -2.46.